The zero-order valence-electron chi connectivity index (χ0n) is 10.7. The normalized spacial score (nSPS) is 10.2. The van der Waals surface area contributed by atoms with Gasteiger partial charge in [0.15, 0.2) is 0 Å². The van der Waals surface area contributed by atoms with E-state index in [0.717, 1.165) is 32.5 Å². The number of ether oxygens (including phenoxy) is 1. The van der Waals surface area contributed by atoms with E-state index in [0.29, 0.717) is 18.4 Å². The Morgan fingerprint density at radius 1 is 1.29 bits per heavy atom. The first kappa shape index (κ1) is 13.7. The average molecular weight is 238 g/mol. The summed E-state index contributed by atoms with van der Waals surface area (Å²) in [7, 11) is 0. The van der Waals surface area contributed by atoms with E-state index in [-0.39, 0.29) is 0 Å². The van der Waals surface area contributed by atoms with Crippen LogP contribution in [0, 0.1) is 0 Å². The van der Waals surface area contributed by atoms with Gasteiger partial charge in [-0.2, -0.15) is 4.98 Å². The number of rotatable bonds is 9. The predicted octanol–water partition coefficient (Wildman–Crippen LogP) is 1.68. The summed E-state index contributed by atoms with van der Waals surface area (Å²) in [6, 6.07) is 1.78. The molecular formula is C12H22N4O. The Kier molecular flexibility index (Phi) is 7.06. The molecule has 0 aromatic carbocycles. The zero-order chi connectivity index (χ0) is 12.3. The number of anilines is 1. The van der Waals surface area contributed by atoms with Crippen LogP contribution in [0.15, 0.2) is 12.3 Å². The van der Waals surface area contributed by atoms with Crippen LogP contribution >= 0.6 is 0 Å². The molecule has 0 amide bonds. The minimum absolute atomic E-state index is 0.634. The summed E-state index contributed by atoms with van der Waals surface area (Å²) in [5, 5.41) is 6.45. The van der Waals surface area contributed by atoms with Crippen molar-refractivity contribution in [2.75, 3.05) is 31.6 Å². The fourth-order valence-electron chi connectivity index (χ4n) is 1.30. The van der Waals surface area contributed by atoms with Gasteiger partial charge in [-0.1, -0.05) is 13.8 Å². The van der Waals surface area contributed by atoms with Crippen molar-refractivity contribution >= 4 is 5.95 Å². The Morgan fingerprint density at radius 3 is 2.94 bits per heavy atom. The molecule has 0 fully saturated rings. The van der Waals surface area contributed by atoms with Gasteiger partial charge in [-0.25, -0.2) is 4.98 Å². The van der Waals surface area contributed by atoms with Crippen molar-refractivity contribution in [2.45, 2.75) is 26.7 Å². The summed E-state index contributed by atoms with van der Waals surface area (Å²) in [5.74, 6) is 1.27. The molecule has 96 valence electrons. The average Bonchev–Trinajstić information content (AvgIpc) is 2.37. The first-order valence-corrected chi connectivity index (χ1v) is 6.27. The maximum atomic E-state index is 5.44. The summed E-state index contributed by atoms with van der Waals surface area (Å²) in [5.41, 5.74) is 0. The van der Waals surface area contributed by atoms with Crippen LogP contribution in [-0.2, 0) is 0 Å². The van der Waals surface area contributed by atoms with E-state index >= 15 is 0 Å². The Morgan fingerprint density at radius 2 is 2.18 bits per heavy atom. The van der Waals surface area contributed by atoms with Crippen LogP contribution in [0.1, 0.15) is 26.7 Å². The first-order valence-electron chi connectivity index (χ1n) is 6.27. The summed E-state index contributed by atoms with van der Waals surface area (Å²) in [6.07, 6.45) is 3.75. The van der Waals surface area contributed by atoms with E-state index in [1.807, 2.05) is 0 Å². The number of hydrogen-bond acceptors (Lipinski definition) is 5. The standard InChI is InChI=1S/C12H22N4O/c1-3-10-17-11-6-9-15-12(16-11)14-8-5-7-13-4-2/h6,9,13H,3-5,7-8,10H2,1-2H3,(H,14,15,16). The molecule has 0 radical (unpaired) electrons. The third kappa shape index (κ3) is 6.06. The Labute approximate surface area is 103 Å². The molecule has 1 rings (SSSR count). The molecule has 0 aliphatic carbocycles. The van der Waals surface area contributed by atoms with Crippen molar-refractivity contribution in [1.29, 1.82) is 0 Å². The number of hydrogen-bond donors (Lipinski definition) is 2. The topological polar surface area (TPSA) is 59.1 Å². The van der Waals surface area contributed by atoms with Gasteiger partial charge in [0.05, 0.1) is 6.61 Å². The second-order valence-corrected chi connectivity index (χ2v) is 3.70. The van der Waals surface area contributed by atoms with Gasteiger partial charge in [0.25, 0.3) is 0 Å². The first-order chi connectivity index (χ1) is 8.36. The lowest BCUT2D eigenvalue weighted by molar-refractivity contribution is 0.305. The van der Waals surface area contributed by atoms with Crippen LogP contribution in [0.4, 0.5) is 5.95 Å². The van der Waals surface area contributed by atoms with E-state index in [2.05, 4.69) is 34.4 Å². The van der Waals surface area contributed by atoms with Gasteiger partial charge < -0.3 is 15.4 Å². The second kappa shape index (κ2) is 8.75. The largest absolute Gasteiger partial charge is 0.478 e. The molecular weight excluding hydrogens is 216 g/mol. The van der Waals surface area contributed by atoms with Gasteiger partial charge in [0, 0.05) is 18.8 Å². The molecule has 0 spiro atoms. The highest BCUT2D eigenvalue weighted by Gasteiger charge is 1.98. The van der Waals surface area contributed by atoms with Gasteiger partial charge in [-0.05, 0) is 25.9 Å². The van der Waals surface area contributed by atoms with Crippen molar-refractivity contribution in [3.05, 3.63) is 12.3 Å². The van der Waals surface area contributed by atoms with Crippen LogP contribution < -0.4 is 15.4 Å². The van der Waals surface area contributed by atoms with Crippen LogP contribution in [0.2, 0.25) is 0 Å². The molecule has 0 atom stereocenters. The SMILES string of the molecule is CCCOc1ccnc(NCCCNCC)n1. The van der Waals surface area contributed by atoms with Crippen molar-refractivity contribution in [3.8, 4) is 5.88 Å². The fraction of sp³-hybridized carbons (Fsp3) is 0.667. The van der Waals surface area contributed by atoms with Crippen molar-refractivity contribution in [3.63, 3.8) is 0 Å². The maximum Gasteiger partial charge on any atom is 0.225 e. The molecule has 1 aromatic rings. The van der Waals surface area contributed by atoms with Gasteiger partial charge in [-0.15, -0.1) is 0 Å². The summed E-state index contributed by atoms with van der Waals surface area (Å²) in [4.78, 5) is 8.41. The molecule has 0 saturated carbocycles. The fourth-order valence-corrected chi connectivity index (χ4v) is 1.30. The van der Waals surface area contributed by atoms with E-state index < -0.39 is 0 Å². The molecule has 5 nitrogen and oxygen atoms in total. The molecule has 0 unspecified atom stereocenters. The highest BCUT2D eigenvalue weighted by molar-refractivity contribution is 5.27. The van der Waals surface area contributed by atoms with Gasteiger partial charge in [0.1, 0.15) is 0 Å². The van der Waals surface area contributed by atoms with E-state index in [4.69, 9.17) is 4.74 Å². The van der Waals surface area contributed by atoms with Gasteiger partial charge in [0.2, 0.25) is 11.8 Å². The van der Waals surface area contributed by atoms with Crippen LogP contribution in [0.25, 0.3) is 0 Å². The lowest BCUT2D eigenvalue weighted by Crippen LogP contribution is -2.17. The van der Waals surface area contributed by atoms with E-state index in [1.165, 1.54) is 0 Å². The zero-order valence-corrected chi connectivity index (χ0v) is 10.7. The third-order valence-corrected chi connectivity index (χ3v) is 2.15. The van der Waals surface area contributed by atoms with Crippen molar-refractivity contribution in [1.82, 2.24) is 15.3 Å². The van der Waals surface area contributed by atoms with Crippen LogP contribution in [0.3, 0.4) is 0 Å². The smallest absolute Gasteiger partial charge is 0.225 e. The predicted molar refractivity (Wildman–Crippen MR) is 69.5 cm³/mol. The molecule has 17 heavy (non-hydrogen) atoms. The molecule has 0 aliphatic heterocycles. The molecule has 2 N–H and O–H groups in total. The quantitative estimate of drug-likeness (QED) is 0.641. The lowest BCUT2D eigenvalue weighted by atomic mass is 10.4. The molecule has 5 heteroatoms. The molecule has 0 aliphatic rings. The molecule has 0 bridgehead atoms. The van der Waals surface area contributed by atoms with Crippen LogP contribution in [0.5, 0.6) is 5.88 Å². The van der Waals surface area contributed by atoms with E-state index in [1.54, 1.807) is 12.3 Å². The van der Waals surface area contributed by atoms with Gasteiger partial charge in [-0.3, -0.25) is 0 Å². The Hall–Kier alpha value is -1.36. The number of aromatic nitrogens is 2. The molecule has 1 aromatic heterocycles. The highest BCUT2D eigenvalue weighted by Crippen LogP contribution is 2.08. The lowest BCUT2D eigenvalue weighted by Gasteiger charge is -2.07. The number of nitrogens with one attached hydrogen (secondary N) is 2. The third-order valence-electron chi connectivity index (χ3n) is 2.15. The molecule has 0 saturated heterocycles. The van der Waals surface area contributed by atoms with Crippen LogP contribution in [-0.4, -0.2) is 36.2 Å². The minimum atomic E-state index is 0.634. The summed E-state index contributed by atoms with van der Waals surface area (Å²) >= 11 is 0. The molecule has 1 heterocycles. The Bertz CT molecular complexity index is 306. The van der Waals surface area contributed by atoms with E-state index in [9.17, 15) is 0 Å². The van der Waals surface area contributed by atoms with Gasteiger partial charge >= 0.3 is 0 Å². The second-order valence-electron chi connectivity index (χ2n) is 3.70. The summed E-state index contributed by atoms with van der Waals surface area (Å²) in [6.45, 7) is 7.75. The maximum absolute atomic E-state index is 5.44. The van der Waals surface area contributed by atoms with Crippen molar-refractivity contribution < 1.29 is 4.74 Å². The Balaban J connectivity index is 2.27. The summed E-state index contributed by atoms with van der Waals surface area (Å²) < 4.78 is 5.44. The monoisotopic (exact) mass is 238 g/mol. The number of nitrogens with zero attached hydrogens (tertiary/aromatic N) is 2. The highest BCUT2D eigenvalue weighted by atomic mass is 16.5. The minimum Gasteiger partial charge on any atom is -0.478 e. The van der Waals surface area contributed by atoms with Crippen molar-refractivity contribution in [2.24, 2.45) is 0 Å².